The van der Waals surface area contributed by atoms with E-state index in [2.05, 4.69) is 17.6 Å². The quantitative estimate of drug-likeness (QED) is 0.816. The van der Waals surface area contributed by atoms with Crippen molar-refractivity contribution in [3.63, 3.8) is 0 Å². The SMILES string of the molecule is C[C@@H](NC1CCCC1C1CCCCN1)C1CCCCC1. The van der Waals surface area contributed by atoms with E-state index >= 15 is 0 Å². The molecule has 2 saturated carbocycles. The molecule has 2 aliphatic carbocycles. The van der Waals surface area contributed by atoms with Crippen molar-refractivity contribution in [1.29, 1.82) is 0 Å². The molecule has 2 heteroatoms. The van der Waals surface area contributed by atoms with Gasteiger partial charge in [0, 0.05) is 18.1 Å². The molecule has 0 radical (unpaired) electrons. The Bertz CT molecular complexity index is 279. The minimum atomic E-state index is 0.740. The van der Waals surface area contributed by atoms with Crippen molar-refractivity contribution in [1.82, 2.24) is 10.6 Å². The summed E-state index contributed by atoms with van der Waals surface area (Å²) in [4.78, 5) is 0. The second kappa shape index (κ2) is 7.26. The van der Waals surface area contributed by atoms with E-state index in [4.69, 9.17) is 0 Å². The van der Waals surface area contributed by atoms with Crippen LogP contribution in [0.25, 0.3) is 0 Å². The molecule has 3 unspecified atom stereocenters. The van der Waals surface area contributed by atoms with Gasteiger partial charge >= 0.3 is 0 Å². The zero-order chi connectivity index (χ0) is 13.8. The van der Waals surface area contributed by atoms with Crippen LogP contribution >= 0.6 is 0 Å². The first-order valence-electron chi connectivity index (χ1n) is 9.34. The van der Waals surface area contributed by atoms with Gasteiger partial charge in [0.25, 0.3) is 0 Å². The molecule has 3 rings (SSSR count). The van der Waals surface area contributed by atoms with Gasteiger partial charge in [-0.2, -0.15) is 0 Å². The molecule has 3 fully saturated rings. The van der Waals surface area contributed by atoms with Gasteiger partial charge < -0.3 is 10.6 Å². The first kappa shape index (κ1) is 14.8. The molecule has 4 atom stereocenters. The van der Waals surface area contributed by atoms with Crippen LogP contribution in [0.15, 0.2) is 0 Å². The Morgan fingerprint density at radius 1 is 0.850 bits per heavy atom. The van der Waals surface area contributed by atoms with Crippen LogP contribution in [0.4, 0.5) is 0 Å². The van der Waals surface area contributed by atoms with Crippen LogP contribution in [-0.2, 0) is 0 Å². The third-order valence-electron chi connectivity index (χ3n) is 6.27. The van der Waals surface area contributed by atoms with E-state index in [0.29, 0.717) is 0 Å². The number of hydrogen-bond acceptors (Lipinski definition) is 2. The maximum Gasteiger partial charge on any atom is 0.0113 e. The minimum Gasteiger partial charge on any atom is -0.314 e. The molecule has 3 aliphatic rings. The van der Waals surface area contributed by atoms with E-state index in [1.165, 1.54) is 77.2 Å². The summed E-state index contributed by atoms with van der Waals surface area (Å²) in [7, 11) is 0. The zero-order valence-electron chi connectivity index (χ0n) is 13.4. The monoisotopic (exact) mass is 278 g/mol. The Morgan fingerprint density at radius 2 is 1.65 bits per heavy atom. The van der Waals surface area contributed by atoms with Crippen molar-refractivity contribution in [3.05, 3.63) is 0 Å². The summed E-state index contributed by atoms with van der Waals surface area (Å²) < 4.78 is 0. The molecular weight excluding hydrogens is 244 g/mol. The van der Waals surface area contributed by atoms with Crippen LogP contribution in [0.2, 0.25) is 0 Å². The normalized spacial score (nSPS) is 38.0. The lowest BCUT2D eigenvalue weighted by atomic mass is 9.83. The van der Waals surface area contributed by atoms with E-state index < -0.39 is 0 Å². The van der Waals surface area contributed by atoms with Crippen LogP contribution < -0.4 is 10.6 Å². The predicted molar refractivity (Wildman–Crippen MR) is 85.9 cm³/mol. The molecule has 0 aromatic heterocycles. The van der Waals surface area contributed by atoms with Crippen LogP contribution in [0.5, 0.6) is 0 Å². The Morgan fingerprint density at radius 3 is 2.40 bits per heavy atom. The average Bonchev–Trinajstić information content (AvgIpc) is 2.97. The van der Waals surface area contributed by atoms with Crippen molar-refractivity contribution in [2.24, 2.45) is 11.8 Å². The fraction of sp³-hybridized carbons (Fsp3) is 1.00. The fourth-order valence-electron chi connectivity index (χ4n) is 5.03. The Hall–Kier alpha value is -0.0800. The zero-order valence-corrected chi connectivity index (χ0v) is 13.4. The third kappa shape index (κ3) is 3.57. The van der Waals surface area contributed by atoms with E-state index in [-0.39, 0.29) is 0 Å². The topological polar surface area (TPSA) is 24.1 Å². The van der Waals surface area contributed by atoms with E-state index in [0.717, 1.165) is 30.0 Å². The molecule has 0 amide bonds. The molecule has 0 bridgehead atoms. The number of rotatable bonds is 4. The Balaban J connectivity index is 1.52. The first-order valence-corrected chi connectivity index (χ1v) is 9.34. The lowest BCUT2D eigenvalue weighted by molar-refractivity contribution is 0.212. The summed E-state index contributed by atoms with van der Waals surface area (Å²) in [5, 5.41) is 7.86. The van der Waals surface area contributed by atoms with Gasteiger partial charge in [-0.25, -0.2) is 0 Å². The summed E-state index contributed by atoms with van der Waals surface area (Å²) in [6.07, 6.45) is 15.9. The molecule has 0 aromatic carbocycles. The molecular formula is C18H34N2. The fourth-order valence-corrected chi connectivity index (χ4v) is 5.03. The molecule has 116 valence electrons. The smallest absolute Gasteiger partial charge is 0.0113 e. The second-order valence-corrected chi connectivity index (χ2v) is 7.61. The number of piperidine rings is 1. The predicted octanol–water partition coefficient (Wildman–Crippen LogP) is 3.86. The van der Waals surface area contributed by atoms with Gasteiger partial charge in [-0.3, -0.25) is 0 Å². The largest absolute Gasteiger partial charge is 0.314 e. The highest BCUT2D eigenvalue weighted by Gasteiger charge is 2.35. The van der Waals surface area contributed by atoms with E-state index in [9.17, 15) is 0 Å². The average molecular weight is 278 g/mol. The van der Waals surface area contributed by atoms with Gasteiger partial charge in [-0.05, 0) is 63.8 Å². The van der Waals surface area contributed by atoms with Crippen LogP contribution in [-0.4, -0.2) is 24.7 Å². The lowest BCUT2D eigenvalue weighted by Gasteiger charge is -2.36. The number of hydrogen-bond donors (Lipinski definition) is 2. The molecule has 1 heterocycles. The van der Waals surface area contributed by atoms with Gasteiger partial charge in [0.2, 0.25) is 0 Å². The van der Waals surface area contributed by atoms with Crippen molar-refractivity contribution in [2.75, 3.05) is 6.54 Å². The number of nitrogens with one attached hydrogen (secondary N) is 2. The van der Waals surface area contributed by atoms with Gasteiger partial charge in [0.15, 0.2) is 0 Å². The third-order valence-corrected chi connectivity index (χ3v) is 6.27. The van der Waals surface area contributed by atoms with Crippen molar-refractivity contribution < 1.29 is 0 Å². The molecule has 0 aromatic rings. The molecule has 20 heavy (non-hydrogen) atoms. The maximum atomic E-state index is 4.06. The highest BCUT2D eigenvalue weighted by Crippen LogP contribution is 2.33. The molecule has 2 nitrogen and oxygen atoms in total. The molecule has 0 spiro atoms. The van der Waals surface area contributed by atoms with Gasteiger partial charge in [0.05, 0.1) is 0 Å². The first-order chi connectivity index (χ1) is 9.84. The lowest BCUT2D eigenvalue weighted by Crippen LogP contribution is -2.50. The summed E-state index contributed by atoms with van der Waals surface area (Å²) >= 11 is 0. The highest BCUT2D eigenvalue weighted by atomic mass is 15.0. The van der Waals surface area contributed by atoms with Crippen molar-refractivity contribution >= 4 is 0 Å². The van der Waals surface area contributed by atoms with E-state index in [1.54, 1.807) is 0 Å². The van der Waals surface area contributed by atoms with Crippen LogP contribution in [0, 0.1) is 11.8 Å². The summed E-state index contributed by atoms with van der Waals surface area (Å²) in [6.45, 7) is 3.71. The summed E-state index contributed by atoms with van der Waals surface area (Å²) in [5.41, 5.74) is 0. The van der Waals surface area contributed by atoms with Gasteiger partial charge in [-0.1, -0.05) is 32.1 Å². The van der Waals surface area contributed by atoms with Gasteiger partial charge in [-0.15, -0.1) is 0 Å². The van der Waals surface area contributed by atoms with Crippen LogP contribution in [0.3, 0.4) is 0 Å². The Kier molecular flexibility index (Phi) is 5.39. The molecule has 2 N–H and O–H groups in total. The summed E-state index contributed by atoms with van der Waals surface area (Å²) in [6, 6.07) is 2.34. The van der Waals surface area contributed by atoms with Crippen molar-refractivity contribution in [2.45, 2.75) is 95.7 Å². The second-order valence-electron chi connectivity index (χ2n) is 7.61. The highest BCUT2D eigenvalue weighted by molar-refractivity contribution is 4.94. The minimum absolute atomic E-state index is 0.740. The Labute approximate surface area is 125 Å². The van der Waals surface area contributed by atoms with E-state index in [1.807, 2.05) is 0 Å². The summed E-state index contributed by atoms with van der Waals surface area (Å²) in [5.74, 6) is 1.85. The van der Waals surface area contributed by atoms with Gasteiger partial charge in [0.1, 0.15) is 0 Å². The van der Waals surface area contributed by atoms with Crippen LogP contribution in [0.1, 0.15) is 77.6 Å². The molecule has 1 aliphatic heterocycles. The standard InChI is InChI=1S/C18H34N2/c1-14(15-8-3-2-4-9-15)20-18-12-7-10-16(18)17-11-5-6-13-19-17/h14-20H,2-13H2,1H3/t14-,16?,17?,18?/m1/s1. The maximum absolute atomic E-state index is 4.06. The van der Waals surface area contributed by atoms with Crippen molar-refractivity contribution in [3.8, 4) is 0 Å². The molecule has 1 saturated heterocycles.